The monoisotopic (exact) mass is 976 g/mol. The molecule has 0 saturated heterocycles. The minimum absolute atomic E-state index is 0.168. The Morgan fingerprint density at radius 3 is 1.25 bits per heavy atom. The molecule has 0 N–H and O–H groups in total. The lowest BCUT2D eigenvalue weighted by Gasteiger charge is -2.35. The normalized spacial score (nSPS) is 14.1. The topological polar surface area (TPSA) is 86.7 Å². The van der Waals surface area contributed by atoms with Crippen LogP contribution >= 0.6 is 23.2 Å². The Balaban J connectivity index is 1.00. The second-order valence-electron chi connectivity index (χ2n) is 17.3. The van der Waals surface area contributed by atoms with E-state index in [1.807, 2.05) is 50.2 Å². The van der Waals surface area contributed by atoms with Crippen molar-refractivity contribution in [2.45, 2.75) is 82.4 Å². The molecule has 1 aliphatic rings. The van der Waals surface area contributed by atoms with Crippen LogP contribution in [0.15, 0.2) is 214 Å². The summed E-state index contributed by atoms with van der Waals surface area (Å²) in [6, 6.07) is 59.9. The molecule has 8 aromatic rings. The predicted octanol–water partition coefficient (Wildman–Crippen LogP) is 15.1. The number of rotatable bonds is 15. The molecule has 0 aliphatic heterocycles. The summed E-state index contributed by atoms with van der Waals surface area (Å²) < 4.78 is 67.3. The Labute approximate surface area is 410 Å². The number of hydrogen-bond donors (Lipinski definition) is 0. The first-order chi connectivity index (χ1) is 32.7. The molecule has 1 unspecified atom stereocenters. The molecule has 0 bridgehead atoms. The molecule has 344 valence electrons. The van der Waals surface area contributed by atoms with Gasteiger partial charge in [0.1, 0.15) is 22.8 Å². The third-order valence-corrected chi connectivity index (χ3v) is 17.9. The molecule has 0 aromatic heterocycles. The van der Waals surface area contributed by atoms with E-state index in [0.717, 1.165) is 44.5 Å². The van der Waals surface area contributed by atoms with Crippen molar-refractivity contribution in [1.29, 1.82) is 0 Å². The van der Waals surface area contributed by atoms with Gasteiger partial charge >= 0.3 is 0 Å². The highest BCUT2D eigenvalue weighted by Crippen LogP contribution is 2.56. The molecule has 9 rings (SSSR count). The number of sulfone groups is 2. The molecule has 68 heavy (non-hydrogen) atoms. The maximum absolute atomic E-state index is 13.6. The van der Waals surface area contributed by atoms with Gasteiger partial charge in [0.25, 0.3) is 0 Å². The lowest BCUT2D eigenvalue weighted by molar-refractivity contribution is 0.0572. The summed E-state index contributed by atoms with van der Waals surface area (Å²) in [4.78, 5) is 0.177. The van der Waals surface area contributed by atoms with Crippen molar-refractivity contribution in [2.24, 2.45) is 0 Å². The van der Waals surface area contributed by atoms with Gasteiger partial charge in [-0.1, -0.05) is 129 Å². The Hall–Kier alpha value is -6.16. The van der Waals surface area contributed by atoms with Crippen LogP contribution in [0.25, 0.3) is 11.1 Å². The van der Waals surface area contributed by atoms with Crippen molar-refractivity contribution >= 4 is 42.9 Å². The predicted molar refractivity (Wildman–Crippen MR) is 272 cm³/mol. The fourth-order valence-electron chi connectivity index (χ4n) is 9.49. The zero-order valence-electron chi connectivity index (χ0n) is 38.1. The van der Waals surface area contributed by atoms with E-state index < -0.39 is 35.6 Å². The van der Waals surface area contributed by atoms with E-state index in [0.29, 0.717) is 41.5 Å². The number of fused-ring (bicyclic) bond motifs is 3. The Morgan fingerprint density at radius 1 is 0.456 bits per heavy atom. The molecular formula is C58H50Cl2O6S2. The van der Waals surface area contributed by atoms with Gasteiger partial charge in [-0.25, -0.2) is 16.8 Å². The first kappa shape index (κ1) is 46.9. The first-order valence-corrected chi connectivity index (χ1v) is 26.4. The standard InChI is InChI=1S/C58H50Cl2O6S2/c1-5-56(4,60)40-20-32-48(33-21-40)68(63,64)51-38-30-46(31-39-51)65-45-26-16-42(17-27-45)58(54-14-10-8-12-52(54)53-13-9-11-15-55(53)58)43-18-28-47(29-19-43)66-57(6-2,7-3)41-22-34-49(35-23-41)67(61,62)50-36-24-44(59)25-37-50/h8-39H,5-7H2,1-4H3. The first-order valence-electron chi connectivity index (χ1n) is 22.7. The summed E-state index contributed by atoms with van der Waals surface area (Å²) in [6.07, 6.45) is 2.02. The number of benzene rings is 8. The quantitative estimate of drug-likeness (QED) is 0.0951. The van der Waals surface area contributed by atoms with Crippen LogP contribution in [0.5, 0.6) is 17.2 Å². The molecule has 1 atom stereocenters. The third-order valence-electron chi connectivity index (χ3n) is 13.6. The van der Waals surface area contributed by atoms with Gasteiger partial charge in [-0.15, -0.1) is 11.6 Å². The van der Waals surface area contributed by atoms with Crippen LogP contribution in [0.4, 0.5) is 0 Å². The maximum atomic E-state index is 13.6. The Morgan fingerprint density at radius 2 is 0.824 bits per heavy atom. The highest BCUT2D eigenvalue weighted by Gasteiger charge is 2.46. The van der Waals surface area contributed by atoms with Crippen LogP contribution in [0.3, 0.4) is 0 Å². The van der Waals surface area contributed by atoms with Gasteiger partial charge < -0.3 is 9.47 Å². The molecule has 0 amide bonds. The molecule has 0 radical (unpaired) electrons. The van der Waals surface area contributed by atoms with Crippen LogP contribution in [0, 0.1) is 0 Å². The van der Waals surface area contributed by atoms with Crippen LogP contribution in [0.1, 0.15) is 80.3 Å². The second kappa shape index (κ2) is 18.4. The summed E-state index contributed by atoms with van der Waals surface area (Å²) in [6.45, 7) is 8.07. The molecule has 10 heteroatoms. The van der Waals surface area contributed by atoms with Gasteiger partial charge in [-0.05, 0) is 168 Å². The molecule has 0 heterocycles. The molecule has 6 nitrogen and oxygen atoms in total. The van der Waals surface area contributed by atoms with Gasteiger partial charge in [0.2, 0.25) is 19.7 Å². The minimum Gasteiger partial charge on any atom is -0.483 e. The number of hydrogen-bond acceptors (Lipinski definition) is 6. The van der Waals surface area contributed by atoms with E-state index in [1.165, 1.54) is 12.1 Å². The molecular weight excluding hydrogens is 928 g/mol. The van der Waals surface area contributed by atoms with Gasteiger partial charge in [-0.3, -0.25) is 0 Å². The average Bonchev–Trinajstić information content (AvgIpc) is 3.67. The van der Waals surface area contributed by atoms with E-state index in [2.05, 4.69) is 86.6 Å². The van der Waals surface area contributed by atoms with Crippen molar-refractivity contribution in [2.75, 3.05) is 0 Å². The maximum Gasteiger partial charge on any atom is 0.206 e. The van der Waals surface area contributed by atoms with Crippen LogP contribution < -0.4 is 9.47 Å². The van der Waals surface area contributed by atoms with Gasteiger partial charge in [0, 0.05) is 5.02 Å². The van der Waals surface area contributed by atoms with Gasteiger partial charge in [0.15, 0.2) is 0 Å². The van der Waals surface area contributed by atoms with E-state index in [4.69, 9.17) is 32.7 Å². The van der Waals surface area contributed by atoms with Crippen LogP contribution in [-0.2, 0) is 35.6 Å². The number of ether oxygens (including phenoxy) is 2. The highest BCUT2D eigenvalue weighted by molar-refractivity contribution is 7.91. The Bertz CT molecular complexity index is 3270. The summed E-state index contributed by atoms with van der Waals surface area (Å²) in [7, 11) is -7.50. The van der Waals surface area contributed by atoms with Crippen molar-refractivity contribution in [1.82, 2.24) is 0 Å². The van der Waals surface area contributed by atoms with Gasteiger partial charge in [-0.2, -0.15) is 0 Å². The molecule has 0 fully saturated rings. The number of halogens is 2. The van der Waals surface area contributed by atoms with Gasteiger partial charge in [0.05, 0.1) is 29.9 Å². The largest absolute Gasteiger partial charge is 0.483 e. The van der Waals surface area contributed by atoms with E-state index >= 15 is 0 Å². The van der Waals surface area contributed by atoms with Crippen LogP contribution in [-0.4, -0.2) is 16.8 Å². The average molecular weight is 978 g/mol. The van der Waals surface area contributed by atoms with Crippen molar-refractivity contribution in [3.8, 4) is 28.4 Å². The zero-order valence-corrected chi connectivity index (χ0v) is 41.3. The summed E-state index contributed by atoms with van der Waals surface area (Å²) in [5.41, 5.74) is 7.07. The lowest BCUT2D eigenvalue weighted by atomic mass is 9.67. The summed E-state index contributed by atoms with van der Waals surface area (Å²) >= 11 is 12.7. The molecule has 8 aromatic carbocycles. The third kappa shape index (κ3) is 8.32. The fraction of sp³-hybridized carbons (Fsp3) is 0.172. The summed E-state index contributed by atoms with van der Waals surface area (Å²) in [5.74, 6) is 1.80. The van der Waals surface area contributed by atoms with Crippen LogP contribution in [0.2, 0.25) is 5.02 Å². The summed E-state index contributed by atoms with van der Waals surface area (Å²) in [5, 5.41) is 0.470. The Kier molecular flexibility index (Phi) is 12.7. The van der Waals surface area contributed by atoms with E-state index in [9.17, 15) is 16.8 Å². The molecule has 0 saturated carbocycles. The molecule has 0 spiro atoms. The van der Waals surface area contributed by atoms with E-state index in [-0.39, 0.29) is 19.6 Å². The fourth-order valence-corrected chi connectivity index (χ4v) is 12.3. The minimum atomic E-state index is -3.77. The highest BCUT2D eigenvalue weighted by atomic mass is 35.5. The second-order valence-corrected chi connectivity index (χ2v) is 22.5. The van der Waals surface area contributed by atoms with E-state index in [1.54, 1.807) is 72.8 Å². The smallest absolute Gasteiger partial charge is 0.206 e. The number of alkyl halides is 1. The molecule has 1 aliphatic carbocycles. The van der Waals surface area contributed by atoms with Crippen molar-refractivity contribution in [3.05, 3.63) is 233 Å². The van der Waals surface area contributed by atoms with Crippen molar-refractivity contribution in [3.63, 3.8) is 0 Å². The zero-order chi connectivity index (χ0) is 47.9. The van der Waals surface area contributed by atoms with Crippen molar-refractivity contribution < 1.29 is 26.3 Å². The SMILES string of the molecule is CCC(C)(Cl)c1ccc(S(=O)(=O)c2ccc(Oc3ccc(C4(c5ccc(OC(CC)(CC)c6ccc(S(=O)(=O)c7ccc(Cl)cc7)cc6)cc5)c5ccccc5-c5ccccc54)cc3)cc2)cc1. The lowest BCUT2D eigenvalue weighted by Crippen LogP contribution is -2.32.